The largest absolute Gasteiger partial charge is 0.356 e. The van der Waals surface area contributed by atoms with E-state index in [1.54, 1.807) is 6.92 Å². The Morgan fingerprint density at radius 3 is 2.64 bits per heavy atom. The van der Waals surface area contributed by atoms with Gasteiger partial charge in [-0.15, -0.1) is 0 Å². The number of Topliss-reactive ketones (excluding diaryl/α,β-unsaturated/α-hetero) is 1. The lowest BCUT2D eigenvalue weighted by Crippen LogP contribution is -1.95. The quantitative estimate of drug-likeness (QED) is 0.537. The molecule has 0 aromatic carbocycles. The summed E-state index contributed by atoms with van der Waals surface area (Å²) in [5.41, 5.74) is 4.74. The van der Waals surface area contributed by atoms with Crippen molar-refractivity contribution < 1.29 is 4.79 Å². The minimum atomic E-state index is 0.163. The van der Waals surface area contributed by atoms with Crippen LogP contribution in [0, 0.1) is 6.92 Å². The minimum Gasteiger partial charge on any atom is -0.356 e. The topological polar surface area (TPSA) is 32.9 Å². The van der Waals surface area contributed by atoms with E-state index in [1.165, 1.54) is 36.1 Å². The smallest absolute Gasteiger partial charge is 0.176 e. The third kappa shape index (κ3) is 1.49. The Hall–Kier alpha value is -1.05. The molecule has 1 heterocycles. The zero-order chi connectivity index (χ0) is 10.1. The molecule has 0 radical (unpaired) electrons. The number of aromatic amines is 1. The molecule has 0 saturated heterocycles. The molecule has 1 aromatic heterocycles. The monoisotopic (exact) mass is 191 g/mol. The Balaban J connectivity index is 2.45. The summed E-state index contributed by atoms with van der Waals surface area (Å²) < 4.78 is 0. The summed E-state index contributed by atoms with van der Waals surface area (Å²) in [5, 5.41) is 0. The molecule has 0 spiro atoms. The van der Waals surface area contributed by atoms with Crippen LogP contribution >= 0.6 is 0 Å². The molecule has 2 nitrogen and oxygen atoms in total. The van der Waals surface area contributed by atoms with Crippen molar-refractivity contribution in [3.8, 4) is 0 Å². The number of hydrogen-bond acceptors (Lipinski definition) is 1. The van der Waals surface area contributed by atoms with Gasteiger partial charge < -0.3 is 4.98 Å². The third-order valence-electron chi connectivity index (χ3n) is 3.17. The number of carbonyl (C=O) groups is 1. The molecule has 14 heavy (non-hydrogen) atoms. The molecule has 0 fully saturated rings. The molecule has 0 amide bonds. The summed E-state index contributed by atoms with van der Waals surface area (Å²) in [6.45, 7) is 3.70. The van der Waals surface area contributed by atoms with Crippen LogP contribution in [0.1, 0.15) is 53.5 Å². The fourth-order valence-corrected chi connectivity index (χ4v) is 2.38. The first kappa shape index (κ1) is 9.50. The van der Waals surface area contributed by atoms with E-state index in [2.05, 4.69) is 11.9 Å². The highest BCUT2D eigenvalue weighted by atomic mass is 16.1. The molecule has 1 N–H and O–H groups in total. The average molecular weight is 191 g/mol. The van der Waals surface area contributed by atoms with Gasteiger partial charge in [-0.25, -0.2) is 0 Å². The predicted molar refractivity (Wildman–Crippen MR) is 56.8 cm³/mol. The summed E-state index contributed by atoms with van der Waals surface area (Å²) in [6.07, 6.45) is 6.10. The third-order valence-corrected chi connectivity index (χ3v) is 3.17. The van der Waals surface area contributed by atoms with Crippen molar-refractivity contribution in [2.45, 2.75) is 46.0 Å². The molecule has 1 aliphatic rings. The highest BCUT2D eigenvalue weighted by Crippen LogP contribution is 2.25. The fourth-order valence-electron chi connectivity index (χ4n) is 2.38. The molecule has 2 heteroatoms. The second kappa shape index (κ2) is 3.60. The van der Waals surface area contributed by atoms with Crippen molar-refractivity contribution in [3.05, 3.63) is 22.5 Å². The van der Waals surface area contributed by atoms with Crippen LogP contribution in [-0.4, -0.2) is 10.8 Å². The highest BCUT2D eigenvalue weighted by Gasteiger charge is 2.17. The van der Waals surface area contributed by atoms with E-state index in [0.29, 0.717) is 0 Å². The van der Waals surface area contributed by atoms with Gasteiger partial charge in [-0.05, 0) is 43.7 Å². The van der Waals surface area contributed by atoms with E-state index in [-0.39, 0.29) is 5.78 Å². The van der Waals surface area contributed by atoms with Gasteiger partial charge in [-0.2, -0.15) is 0 Å². The lowest BCUT2D eigenvalue weighted by atomic mass is 10.0. The molecule has 0 atom stereocenters. The van der Waals surface area contributed by atoms with Crippen molar-refractivity contribution in [1.29, 1.82) is 0 Å². The highest BCUT2D eigenvalue weighted by molar-refractivity contribution is 5.94. The van der Waals surface area contributed by atoms with Crippen molar-refractivity contribution in [2.24, 2.45) is 0 Å². The summed E-state index contributed by atoms with van der Waals surface area (Å²) >= 11 is 0. The van der Waals surface area contributed by atoms with E-state index >= 15 is 0 Å². The Morgan fingerprint density at radius 1 is 1.21 bits per heavy atom. The van der Waals surface area contributed by atoms with Gasteiger partial charge in [0, 0.05) is 12.6 Å². The van der Waals surface area contributed by atoms with E-state index in [9.17, 15) is 4.79 Å². The number of aryl methyl sites for hydroxylation is 1. The van der Waals surface area contributed by atoms with E-state index in [0.717, 1.165) is 18.5 Å². The number of hydrogen-bond donors (Lipinski definition) is 1. The zero-order valence-corrected chi connectivity index (χ0v) is 8.94. The van der Waals surface area contributed by atoms with E-state index in [1.807, 2.05) is 0 Å². The summed E-state index contributed by atoms with van der Waals surface area (Å²) in [7, 11) is 0. The summed E-state index contributed by atoms with van der Waals surface area (Å²) in [4.78, 5) is 14.6. The van der Waals surface area contributed by atoms with Gasteiger partial charge in [-0.1, -0.05) is 6.42 Å². The number of ketones is 1. The van der Waals surface area contributed by atoms with Crippen LogP contribution in [0.2, 0.25) is 0 Å². The van der Waals surface area contributed by atoms with Crippen LogP contribution in [0.25, 0.3) is 0 Å². The van der Waals surface area contributed by atoms with Crippen LogP contribution in [0.15, 0.2) is 0 Å². The normalized spacial score (nSPS) is 16.1. The van der Waals surface area contributed by atoms with Crippen molar-refractivity contribution in [1.82, 2.24) is 4.98 Å². The number of fused-ring (bicyclic) bond motifs is 1. The van der Waals surface area contributed by atoms with Crippen LogP contribution in [-0.2, 0) is 12.8 Å². The zero-order valence-electron chi connectivity index (χ0n) is 8.94. The standard InChI is InChI=1S/C12H17NO/c1-8-10-6-4-3-5-7-11(10)13-12(8)9(2)14/h13H,3-7H2,1-2H3. The molecule has 0 aliphatic heterocycles. The molecular formula is C12H17NO. The molecule has 1 aliphatic carbocycles. The van der Waals surface area contributed by atoms with Gasteiger partial charge >= 0.3 is 0 Å². The molecule has 1 aromatic rings. The Bertz CT molecular complexity index is 363. The van der Waals surface area contributed by atoms with Gasteiger partial charge in [0.25, 0.3) is 0 Å². The maximum atomic E-state index is 11.3. The SMILES string of the molecule is CC(=O)c1[nH]c2c(c1C)CCCCC2. The lowest BCUT2D eigenvalue weighted by Gasteiger charge is -1.98. The van der Waals surface area contributed by atoms with Gasteiger partial charge in [0.2, 0.25) is 0 Å². The molecule has 2 rings (SSSR count). The van der Waals surface area contributed by atoms with Crippen LogP contribution in [0.3, 0.4) is 0 Å². The molecule has 0 saturated carbocycles. The summed E-state index contributed by atoms with van der Waals surface area (Å²) in [6, 6.07) is 0. The minimum absolute atomic E-state index is 0.163. The lowest BCUT2D eigenvalue weighted by molar-refractivity contribution is 0.101. The van der Waals surface area contributed by atoms with Crippen LogP contribution < -0.4 is 0 Å². The second-order valence-corrected chi connectivity index (χ2v) is 4.20. The van der Waals surface area contributed by atoms with Crippen molar-refractivity contribution in [3.63, 3.8) is 0 Å². The number of nitrogens with one attached hydrogen (secondary N) is 1. The van der Waals surface area contributed by atoms with Gasteiger partial charge in [-0.3, -0.25) is 4.79 Å². The first-order chi connectivity index (χ1) is 6.70. The summed E-state index contributed by atoms with van der Waals surface area (Å²) in [5.74, 6) is 0.163. The maximum absolute atomic E-state index is 11.3. The first-order valence-electron chi connectivity index (χ1n) is 5.41. The van der Waals surface area contributed by atoms with Crippen LogP contribution in [0.5, 0.6) is 0 Å². The molecular weight excluding hydrogens is 174 g/mol. The van der Waals surface area contributed by atoms with Crippen molar-refractivity contribution >= 4 is 5.78 Å². The predicted octanol–water partition coefficient (Wildman–Crippen LogP) is 2.79. The maximum Gasteiger partial charge on any atom is 0.176 e. The van der Waals surface area contributed by atoms with Gasteiger partial charge in [0.05, 0.1) is 5.69 Å². The second-order valence-electron chi connectivity index (χ2n) is 4.20. The number of aromatic nitrogens is 1. The first-order valence-corrected chi connectivity index (χ1v) is 5.41. The fraction of sp³-hybridized carbons (Fsp3) is 0.583. The van der Waals surface area contributed by atoms with E-state index < -0.39 is 0 Å². The van der Waals surface area contributed by atoms with Gasteiger partial charge in [0.1, 0.15) is 0 Å². The number of carbonyl (C=O) groups excluding carboxylic acids is 1. The Morgan fingerprint density at radius 2 is 1.93 bits per heavy atom. The number of H-pyrrole nitrogens is 1. The van der Waals surface area contributed by atoms with Crippen LogP contribution in [0.4, 0.5) is 0 Å². The number of rotatable bonds is 1. The van der Waals surface area contributed by atoms with Gasteiger partial charge in [0.15, 0.2) is 5.78 Å². The van der Waals surface area contributed by atoms with Crippen molar-refractivity contribution in [2.75, 3.05) is 0 Å². The molecule has 0 bridgehead atoms. The van der Waals surface area contributed by atoms with E-state index in [4.69, 9.17) is 0 Å². The Kier molecular flexibility index (Phi) is 2.44. The Labute approximate surface area is 84.7 Å². The average Bonchev–Trinajstić information content (AvgIpc) is 2.37. The molecule has 0 unspecified atom stereocenters. The molecule has 76 valence electrons.